The van der Waals surface area contributed by atoms with Crippen molar-refractivity contribution >= 4 is 40.4 Å². The average Bonchev–Trinajstić information content (AvgIpc) is 3.26. The molecule has 0 N–H and O–H groups in total. The fourth-order valence-corrected chi connectivity index (χ4v) is 6.43. The summed E-state index contributed by atoms with van der Waals surface area (Å²) in [5.41, 5.74) is 3.65. The van der Waals surface area contributed by atoms with Crippen molar-refractivity contribution in [1.29, 1.82) is 0 Å². The molecule has 0 amide bonds. The predicted molar refractivity (Wildman–Crippen MR) is 160 cm³/mol. The summed E-state index contributed by atoms with van der Waals surface area (Å²) < 4.78 is 7.31. The van der Waals surface area contributed by atoms with Gasteiger partial charge in [0.2, 0.25) is 0 Å². The van der Waals surface area contributed by atoms with Crippen LogP contribution in [0.1, 0.15) is 50.3 Å². The SMILES string of the molecule is CCOC(=O)C1=C(C)N=c2s/c(=C\c3cc([N+](=O)[O-])ccc3N3CCCCC3)c(=O)n2C1c1ccc(N(C)C)cc1. The minimum absolute atomic E-state index is 0.0379. The number of aromatic nitrogens is 1. The number of non-ortho nitro benzene ring substituents is 1. The number of thiazole rings is 1. The van der Waals surface area contributed by atoms with Crippen molar-refractivity contribution in [2.45, 2.75) is 39.2 Å². The second-order valence-corrected chi connectivity index (χ2v) is 11.3. The van der Waals surface area contributed by atoms with Crippen LogP contribution in [0, 0.1) is 10.1 Å². The number of fused-ring (bicyclic) bond motifs is 1. The number of hydrogen-bond donors (Lipinski definition) is 0. The van der Waals surface area contributed by atoms with E-state index in [1.165, 1.54) is 23.5 Å². The van der Waals surface area contributed by atoms with E-state index in [0.717, 1.165) is 49.3 Å². The first-order valence-corrected chi connectivity index (χ1v) is 14.5. The first-order valence-electron chi connectivity index (χ1n) is 13.7. The highest BCUT2D eigenvalue weighted by Gasteiger charge is 2.33. The van der Waals surface area contributed by atoms with Crippen molar-refractivity contribution in [3.8, 4) is 0 Å². The number of piperidine rings is 1. The van der Waals surface area contributed by atoms with Gasteiger partial charge < -0.3 is 14.5 Å². The number of nitrogens with zero attached hydrogens (tertiary/aromatic N) is 5. The van der Waals surface area contributed by atoms with E-state index in [9.17, 15) is 19.7 Å². The lowest BCUT2D eigenvalue weighted by Crippen LogP contribution is -2.40. The van der Waals surface area contributed by atoms with Gasteiger partial charge >= 0.3 is 5.97 Å². The first-order chi connectivity index (χ1) is 19.7. The van der Waals surface area contributed by atoms with E-state index in [-0.39, 0.29) is 17.9 Å². The highest BCUT2D eigenvalue weighted by Crippen LogP contribution is 2.32. The Kier molecular flexibility index (Phi) is 8.07. The molecule has 214 valence electrons. The molecule has 2 aliphatic rings. The van der Waals surface area contributed by atoms with Gasteiger partial charge in [-0.15, -0.1) is 0 Å². The Morgan fingerprint density at radius 3 is 2.51 bits per heavy atom. The second-order valence-electron chi connectivity index (χ2n) is 10.3. The van der Waals surface area contributed by atoms with Crippen LogP contribution in [-0.2, 0) is 9.53 Å². The number of rotatable bonds is 7. The van der Waals surface area contributed by atoms with Crippen molar-refractivity contribution in [1.82, 2.24) is 4.57 Å². The topological polar surface area (TPSA) is 110 Å². The Morgan fingerprint density at radius 2 is 1.88 bits per heavy atom. The van der Waals surface area contributed by atoms with E-state index in [0.29, 0.717) is 26.2 Å². The van der Waals surface area contributed by atoms with E-state index in [4.69, 9.17) is 4.74 Å². The van der Waals surface area contributed by atoms with Crippen molar-refractivity contribution in [2.75, 3.05) is 43.6 Å². The lowest BCUT2D eigenvalue weighted by Gasteiger charge is -2.30. The quantitative estimate of drug-likeness (QED) is 0.240. The third-order valence-corrected chi connectivity index (χ3v) is 8.43. The van der Waals surface area contributed by atoms with Gasteiger partial charge in [0.05, 0.1) is 33.4 Å². The zero-order chi connectivity index (χ0) is 29.3. The van der Waals surface area contributed by atoms with Gasteiger partial charge in [-0.05, 0) is 62.9 Å². The van der Waals surface area contributed by atoms with E-state index in [1.807, 2.05) is 43.3 Å². The average molecular weight is 576 g/mol. The molecule has 1 fully saturated rings. The van der Waals surface area contributed by atoms with Crippen molar-refractivity contribution < 1.29 is 14.5 Å². The van der Waals surface area contributed by atoms with Crippen molar-refractivity contribution in [3.05, 3.63) is 94.7 Å². The zero-order valence-electron chi connectivity index (χ0n) is 23.6. The molecule has 0 saturated carbocycles. The summed E-state index contributed by atoms with van der Waals surface area (Å²) in [4.78, 5) is 47.7. The van der Waals surface area contributed by atoms with E-state index in [1.54, 1.807) is 30.6 Å². The molecular formula is C30H33N5O5S. The highest BCUT2D eigenvalue weighted by molar-refractivity contribution is 7.07. The van der Waals surface area contributed by atoms with Crippen LogP contribution in [0.5, 0.6) is 0 Å². The number of allylic oxidation sites excluding steroid dienone is 1. The maximum absolute atomic E-state index is 14.1. The molecule has 1 unspecified atom stereocenters. The Morgan fingerprint density at radius 1 is 1.17 bits per heavy atom. The van der Waals surface area contributed by atoms with Crippen molar-refractivity contribution in [2.24, 2.45) is 4.99 Å². The van der Waals surface area contributed by atoms with Crippen LogP contribution in [0.25, 0.3) is 6.08 Å². The van der Waals surface area contributed by atoms with Gasteiger partial charge in [0.15, 0.2) is 4.80 Å². The summed E-state index contributed by atoms with van der Waals surface area (Å²) in [5, 5.41) is 11.6. The number of ether oxygens (including phenoxy) is 1. The standard InChI is InChI=1S/C30H33N5O5S/c1-5-40-29(37)26-19(2)31-30-34(27(26)20-9-11-22(12-10-20)32(3)4)28(36)25(41-30)18-21-17-23(35(38)39)13-14-24(21)33-15-7-6-8-16-33/h9-14,17-18,27H,5-8,15-16H2,1-4H3/b25-18-. The monoisotopic (exact) mass is 575 g/mol. The third kappa shape index (κ3) is 5.54. The molecule has 0 bridgehead atoms. The van der Waals surface area contributed by atoms with Gasteiger partial charge in [-0.2, -0.15) is 0 Å². The van der Waals surface area contributed by atoms with E-state index < -0.39 is 16.9 Å². The number of carbonyl (C=O) groups excluding carboxylic acids is 1. The van der Waals surface area contributed by atoms with Gasteiger partial charge in [0, 0.05) is 56.3 Å². The second kappa shape index (κ2) is 11.7. The highest BCUT2D eigenvalue weighted by atomic mass is 32.1. The lowest BCUT2D eigenvalue weighted by molar-refractivity contribution is -0.384. The van der Waals surface area contributed by atoms with Gasteiger partial charge in [0.25, 0.3) is 11.2 Å². The third-order valence-electron chi connectivity index (χ3n) is 7.45. The van der Waals surface area contributed by atoms with Gasteiger partial charge in [-0.1, -0.05) is 23.5 Å². The number of nitro benzene ring substituents is 1. The van der Waals surface area contributed by atoms with Crippen LogP contribution >= 0.6 is 11.3 Å². The minimum atomic E-state index is -0.727. The number of nitro groups is 1. The number of esters is 1. The number of hydrogen-bond acceptors (Lipinski definition) is 9. The predicted octanol–water partition coefficient (Wildman–Crippen LogP) is 3.76. The van der Waals surface area contributed by atoms with Gasteiger partial charge in [-0.25, -0.2) is 9.79 Å². The molecule has 0 aliphatic carbocycles. The molecule has 2 aliphatic heterocycles. The molecule has 0 radical (unpaired) electrons. The molecule has 1 atom stereocenters. The summed E-state index contributed by atoms with van der Waals surface area (Å²) in [5.74, 6) is -0.518. The molecule has 3 aromatic rings. The molecule has 1 aromatic heterocycles. The van der Waals surface area contributed by atoms with E-state index in [2.05, 4.69) is 9.89 Å². The molecule has 41 heavy (non-hydrogen) atoms. The normalized spacial score (nSPS) is 17.2. The van der Waals surface area contributed by atoms with Crippen LogP contribution in [0.15, 0.2) is 63.5 Å². The maximum atomic E-state index is 14.1. The molecule has 10 nitrogen and oxygen atoms in total. The largest absolute Gasteiger partial charge is 0.463 e. The summed E-state index contributed by atoms with van der Waals surface area (Å²) in [6.45, 7) is 5.39. The van der Waals surface area contributed by atoms with Crippen LogP contribution in [0.4, 0.5) is 17.1 Å². The van der Waals surface area contributed by atoms with E-state index >= 15 is 0 Å². The summed E-state index contributed by atoms with van der Waals surface area (Å²) in [7, 11) is 3.89. The number of anilines is 2. The maximum Gasteiger partial charge on any atom is 0.338 e. The lowest BCUT2D eigenvalue weighted by atomic mass is 9.95. The molecule has 1 saturated heterocycles. The Balaban J connectivity index is 1.70. The Hall–Kier alpha value is -4.25. The van der Waals surface area contributed by atoms with Crippen LogP contribution in [0.3, 0.4) is 0 Å². The molecule has 11 heteroatoms. The fraction of sp³-hybridized carbons (Fsp3) is 0.367. The number of benzene rings is 2. The van der Waals surface area contributed by atoms with Crippen LogP contribution < -0.4 is 24.7 Å². The molecule has 0 spiro atoms. The Bertz CT molecular complexity index is 1700. The van der Waals surface area contributed by atoms with Crippen LogP contribution in [-0.4, -0.2) is 49.3 Å². The molecule has 5 rings (SSSR count). The fourth-order valence-electron chi connectivity index (χ4n) is 5.40. The summed E-state index contributed by atoms with van der Waals surface area (Å²) in [6, 6.07) is 11.8. The van der Waals surface area contributed by atoms with Crippen LogP contribution in [0.2, 0.25) is 0 Å². The minimum Gasteiger partial charge on any atom is -0.463 e. The van der Waals surface area contributed by atoms with Gasteiger partial charge in [0.1, 0.15) is 0 Å². The zero-order valence-corrected chi connectivity index (χ0v) is 24.4. The molecule has 3 heterocycles. The smallest absolute Gasteiger partial charge is 0.338 e. The molecular weight excluding hydrogens is 542 g/mol. The van der Waals surface area contributed by atoms with Crippen molar-refractivity contribution in [3.63, 3.8) is 0 Å². The summed E-state index contributed by atoms with van der Waals surface area (Å²) >= 11 is 1.21. The summed E-state index contributed by atoms with van der Waals surface area (Å²) in [6.07, 6.45) is 4.95. The Labute approximate surface area is 241 Å². The number of carbonyl (C=O) groups is 1. The first kappa shape index (κ1) is 28.3. The molecule has 2 aromatic carbocycles. The van der Waals surface area contributed by atoms with Gasteiger partial charge in [-0.3, -0.25) is 19.5 Å².